The number of aromatic nitrogens is 2. The summed E-state index contributed by atoms with van der Waals surface area (Å²) in [5, 5.41) is 74.3. The Kier molecular flexibility index (Phi) is 10.4. The quantitative estimate of drug-likeness (QED) is 0.0194. The van der Waals surface area contributed by atoms with Gasteiger partial charge in [0.1, 0.15) is 27.8 Å². The zero-order valence-electron chi connectivity index (χ0n) is 24.7. The molecule has 5 rings (SSSR count). The Labute approximate surface area is 285 Å². The number of hydrogen-bond donors (Lipinski definition) is 7. The van der Waals surface area contributed by atoms with E-state index in [0.29, 0.717) is 17.4 Å². The van der Waals surface area contributed by atoms with Crippen LogP contribution in [-0.4, -0.2) is 70.3 Å². The Morgan fingerprint density at radius 2 is 1.66 bits per heavy atom. The second-order valence-electron chi connectivity index (χ2n) is 9.55. The number of ether oxygens (including phenoxy) is 1. The Morgan fingerprint density at radius 1 is 0.960 bits per heavy atom. The molecule has 0 saturated carbocycles. The highest BCUT2D eigenvalue weighted by atomic mass is 32.2. The molecule has 1 aromatic heterocycles. The molecule has 0 spiro atoms. The molecule has 20 nitrogen and oxygen atoms in total. The van der Waals surface area contributed by atoms with Gasteiger partial charge in [-0.3, -0.25) is 4.55 Å². The first kappa shape index (κ1) is 35.8. The van der Waals surface area contributed by atoms with E-state index in [9.17, 15) is 47.0 Å². The van der Waals surface area contributed by atoms with Gasteiger partial charge in [-0.1, -0.05) is 11.1 Å². The molecule has 0 radical (unpaired) electrons. The van der Waals surface area contributed by atoms with Gasteiger partial charge in [0.05, 0.1) is 40.3 Å². The van der Waals surface area contributed by atoms with Crippen molar-refractivity contribution < 1.29 is 66.3 Å². The van der Waals surface area contributed by atoms with Gasteiger partial charge in [0.2, 0.25) is 11.6 Å². The van der Waals surface area contributed by atoms with Crippen molar-refractivity contribution in [3.8, 4) is 28.8 Å². The van der Waals surface area contributed by atoms with Crippen LogP contribution in [0.2, 0.25) is 0 Å². The number of phenolic OH excluding ortho intramolecular Hbond substituents is 2. The SMILES string of the molecule is COc1cc(N=Nc2c(SOOO)cc3ccc(N=Nc4c(C(=O)O)nn(-c5ccc(S(=O)(=O)O)cc5)c4O)cc3c2O)c(O)cc1S(=O)O. The van der Waals surface area contributed by atoms with E-state index in [-0.39, 0.29) is 43.7 Å². The molecule has 0 aliphatic rings. The van der Waals surface area contributed by atoms with Gasteiger partial charge >= 0.3 is 5.97 Å². The monoisotopic (exact) mass is 748 g/mol. The van der Waals surface area contributed by atoms with E-state index in [1.165, 1.54) is 31.4 Å². The van der Waals surface area contributed by atoms with Crippen molar-refractivity contribution in [3.05, 3.63) is 66.4 Å². The molecule has 0 amide bonds. The molecule has 260 valence electrons. The summed E-state index contributed by atoms with van der Waals surface area (Å²) >= 11 is -2.08. The maximum atomic E-state index is 11.9. The van der Waals surface area contributed by atoms with Crippen LogP contribution in [0, 0.1) is 0 Å². The van der Waals surface area contributed by atoms with Gasteiger partial charge < -0.3 is 29.7 Å². The van der Waals surface area contributed by atoms with Gasteiger partial charge in [0.25, 0.3) is 10.1 Å². The Balaban J connectivity index is 1.55. The minimum absolute atomic E-state index is 0.0199. The largest absolute Gasteiger partial charge is 0.506 e. The molecule has 50 heavy (non-hydrogen) atoms. The number of carboxylic acid groups (broad SMARTS) is 1. The standard InChI is InChI=1S/C27H20N6O14S3/c1-45-19-10-17(18(34)11-21(19)49(40)41)29-30-22-20(48-47-46-39)8-12-2-3-13(9-16(12)25(22)35)28-31-23-24(27(37)38)32-33(26(23)36)14-4-6-15(7-5-14)50(42,43)44/h2-11,34-36,39H,1H3,(H,37,38)(H,40,41)(H,42,43,44). The van der Waals surface area contributed by atoms with Crippen molar-refractivity contribution in [2.24, 2.45) is 20.5 Å². The fourth-order valence-electron chi connectivity index (χ4n) is 4.31. The van der Waals surface area contributed by atoms with E-state index in [4.69, 9.17) is 9.99 Å². The summed E-state index contributed by atoms with van der Waals surface area (Å²) in [6, 6.07) is 12.0. The number of nitrogens with zero attached hydrogens (tertiary/aromatic N) is 6. The van der Waals surface area contributed by atoms with Crippen LogP contribution in [0.4, 0.5) is 22.7 Å². The second-order valence-corrected chi connectivity index (χ2v) is 12.7. The molecule has 0 aliphatic carbocycles. The van der Waals surface area contributed by atoms with Crippen molar-refractivity contribution in [1.82, 2.24) is 9.78 Å². The number of carbonyl (C=O) groups is 1. The zero-order valence-corrected chi connectivity index (χ0v) is 27.1. The Bertz CT molecular complexity index is 2330. The van der Waals surface area contributed by atoms with E-state index >= 15 is 0 Å². The van der Waals surface area contributed by atoms with Crippen LogP contribution in [0.5, 0.6) is 23.1 Å². The fourth-order valence-corrected chi connectivity index (χ4v) is 5.81. The van der Waals surface area contributed by atoms with Crippen LogP contribution in [0.1, 0.15) is 10.5 Å². The molecular formula is C27H20N6O14S3. The second kappa shape index (κ2) is 14.5. The lowest BCUT2D eigenvalue weighted by molar-refractivity contribution is -0.432. The summed E-state index contributed by atoms with van der Waals surface area (Å²) in [5.41, 5.74) is -1.74. The highest BCUT2D eigenvalue weighted by Crippen LogP contribution is 2.46. The average molecular weight is 749 g/mol. The molecule has 1 atom stereocenters. The molecule has 4 aromatic carbocycles. The summed E-state index contributed by atoms with van der Waals surface area (Å²) in [6.45, 7) is 0. The molecule has 1 unspecified atom stereocenters. The molecule has 23 heteroatoms. The number of methoxy groups -OCH3 is 1. The summed E-state index contributed by atoms with van der Waals surface area (Å²) in [7, 11) is -3.30. The number of aromatic carboxylic acids is 1. The summed E-state index contributed by atoms with van der Waals surface area (Å²) in [5.74, 6) is -3.54. The molecular weight excluding hydrogens is 729 g/mol. The number of phenols is 2. The van der Waals surface area contributed by atoms with Crippen LogP contribution in [0.3, 0.4) is 0 Å². The number of rotatable bonds is 12. The third-order valence-corrected chi connectivity index (χ3v) is 8.76. The van der Waals surface area contributed by atoms with Crippen molar-refractivity contribution in [2.75, 3.05) is 7.11 Å². The first-order valence-corrected chi connectivity index (χ1v) is 16.4. The van der Waals surface area contributed by atoms with Crippen LogP contribution >= 0.6 is 12.0 Å². The van der Waals surface area contributed by atoms with Gasteiger partial charge in [-0.15, -0.1) is 19.7 Å². The van der Waals surface area contributed by atoms with Crippen LogP contribution in [0.25, 0.3) is 16.5 Å². The summed E-state index contributed by atoms with van der Waals surface area (Å²) < 4.78 is 63.2. The van der Waals surface area contributed by atoms with E-state index < -0.39 is 60.8 Å². The van der Waals surface area contributed by atoms with Gasteiger partial charge in [-0.05, 0) is 47.9 Å². The van der Waals surface area contributed by atoms with Gasteiger partial charge in [-0.25, -0.2) is 14.3 Å². The highest BCUT2D eigenvalue weighted by molar-refractivity contribution is 7.94. The first-order chi connectivity index (χ1) is 23.7. The average Bonchev–Trinajstić information content (AvgIpc) is 3.42. The minimum Gasteiger partial charge on any atom is -0.506 e. The number of fused-ring (bicyclic) bond motifs is 1. The topological polar surface area (TPSA) is 305 Å². The molecule has 5 aromatic rings. The smallest absolute Gasteiger partial charge is 0.358 e. The number of benzene rings is 4. The van der Waals surface area contributed by atoms with E-state index in [2.05, 4.69) is 34.9 Å². The highest BCUT2D eigenvalue weighted by Gasteiger charge is 2.24. The lowest BCUT2D eigenvalue weighted by Gasteiger charge is -2.10. The van der Waals surface area contributed by atoms with E-state index in [1.54, 1.807) is 0 Å². The first-order valence-electron chi connectivity index (χ1n) is 13.2. The van der Waals surface area contributed by atoms with Crippen molar-refractivity contribution in [3.63, 3.8) is 0 Å². The van der Waals surface area contributed by atoms with Gasteiger partial charge in [0, 0.05) is 17.5 Å². The van der Waals surface area contributed by atoms with Crippen LogP contribution in [-0.2, 0) is 30.6 Å². The summed E-state index contributed by atoms with van der Waals surface area (Å²) in [6.07, 6.45) is 0. The zero-order chi connectivity index (χ0) is 36.3. The molecule has 1 heterocycles. The minimum atomic E-state index is -4.52. The van der Waals surface area contributed by atoms with Gasteiger partial charge in [0.15, 0.2) is 22.5 Å². The number of carboxylic acids is 1. The fraction of sp³-hybridized carbons (Fsp3) is 0.0370. The predicted molar refractivity (Wildman–Crippen MR) is 170 cm³/mol. The van der Waals surface area contributed by atoms with Crippen LogP contribution in [0.15, 0.2) is 95.8 Å². The molecule has 0 fully saturated rings. The van der Waals surface area contributed by atoms with Crippen LogP contribution < -0.4 is 4.74 Å². The lowest BCUT2D eigenvalue weighted by Crippen LogP contribution is -2.02. The number of hydrogen-bond acceptors (Lipinski definition) is 17. The van der Waals surface area contributed by atoms with Crippen molar-refractivity contribution in [2.45, 2.75) is 14.7 Å². The normalized spacial score (nSPS) is 12.6. The Hall–Kier alpha value is -5.53. The number of aromatic hydroxyl groups is 3. The van der Waals surface area contributed by atoms with Gasteiger partial charge in [-0.2, -0.15) is 23.3 Å². The van der Waals surface area contributed by atoms with Crippen molar-refractivity contribution >= 4 is 72.7 Å². The maximum Gasteiger partial charge on any atom is 0.358 e. The van der Waals surface area contributed by atoms with E-state index in [0.717, 1.165) is 41.1 Å². The number of azo groups is 2. The lowest BCUT2D eigenvalue weighted by atomic mass is 10.1. The predicted octanol–water partition coefficient (Wildman–Crippen LogP) is 5.94. The maximum absolute atomic E-state index is 11.9. The third kappa shape index (κ3) is 7.38. The van der Waals surface area contributed by atoms with Crippen molar-refractivity contribution in [1.29, 1.82) is 0 Å². The third-order valence-electron chi connectivity index (χ3n) is 6.58. The summed E-state index contributed by atoms with van der Waals surface area (Å²) in [4.78, 5) is 11.3. The Morgan fingerprint density at radius 3 is 2.28 bits per heavy atom. The van der Waals surface area contributed by atoms with E-state index in [1.807, 2.05) is 0 Å². The molecule has 0 bridgehead atoms. The molecule has 7 N–H and O–H groups in total. The molecule has 0 aliphatic heterocycles. The molecule has 0 saturated heterocycles.